The molecular formula is C19H17F2N3O2S2. The number of urea groups is 1. The number of halogens is 2. The normalized spacial score (nSPS) is 10.5. The number of methoxy groups -OCH3 is 1. The molecular weight excluding hydrogens is 404 g/mol. The van der Waals surface area contributed by atoms with Gasteiger partial charge < -0.3 is 10.1 Å². The fourth-order valence-electron chi connectivity index (χ4n) is 2.25. The zero-order valence-electron chi connectivity index (χ0n) is 14.9. The number of nitrogens with zero attached hydrogens (tertiary/aromatic N) is 1. The highest BCUT2D eigenvalue weighted by atomic mass is 32.2. The Bertz CT molecular complexity index is 949. The van der Waals surface area contributed by atoms with E-state index in [4.69, 9.17) is 4.74 Å². The number of anilines is 1. The standard InChI is InChI=1S/C19H17F2N3O2S2/c1-26-14-5-2-12(3-6-14)11-27-18-9-17(28-24-18)23-19(25)22-10-13-4-7-15(20)16(21)8-13/h2-9H,10-11H2,1H3,(H2,22,23,25). The van der Waals surface area contributed by atoms with Crippen LogP contribution >= 0.6 is 23.3 Å². The first-order chi connectivity index (χ1) is 13.5. The number of hydrogen-bond donors (Lipinski definition) is 2. The van der Waals surface area contributed by atoms with E-state index in [9.17, 15) is 13.6 Å². The van der Waals surface area contributed by atoms with Gasteiger partial charge in [-0.05, 0) is 46.9 Å². The predicted octanol–water partition coefficient (Wildman–Crippen LogP) is 5.04. The average molecular weight is 421 g/mol. The monoisotopic (exact) mass is 421 g/mol. The minimum Gasteiger partial charge on any atom is -0.497 e. The quantitative estimate of drug-likeness (QED) is 0.525. The first-order valence-corrected chi connectivity index (χ1v) is 10.0. The van der Waals surface area contributed by atoms with Crippen molar-refractivity contribution in [1.29, 1.82) is 0 Å². The van der Waals surface area contributed by atoms with E-state index in [0.717, 1.165) is 34.2 Å². The molecule has 1 heterocycles. The number of aromatic nitrogens is 1. The number of ether oxygens (including phenoxy) is 1. The lowest BCUT2D eigenvalue weighted by atomic mass is 10.2. The Labute approximate surface area is 169 Å². The molecule has 28 heavy (non-hydrogen) atoms. The zero-order chi connectivity index (χ0) is 19.9. The summed E-state index contributed by atoms with van der Waals surface area (Å²) in [6.07, 6.45) is 0. The van der Waals surface area contributed by atoms with E-state index in [1.807, 2.05) is 24.3 Å². The molecule has 0 spiro atoms. The summed E-state index contributed by atoms with van der Waals surface area (Å²) >= 11 is 2.73. The lowest BCUT2D eigenvalue weighted by Crippen LogP contribution is -2.27. The third kappa shape index (κ3) is 5.67. The summed E-state index contributed by atoms with van der Waals surface area (Å²) in [4.78, 5) is 12.0. The Morgan fingerprint density at radius 3 is 2.57 bits per heavy atom. The summed E-state index contributed by atoms with van der Waals surface area (Å²) in [5.41, 5.74) is 1.60. The second-order valence-corrected chi connectivity index (χ2v) is 7.52. The van der Waals surface area contributed by atoms with Crippen molar-refractivity contribution in [3.8, 4) is 5.75 Å². The molecule has 3 aromatic rings. The SMILES string of the molecule is COc1ccc(CSc2cc(NC(=O)NCc3ccc(F)c(F)c3)sn2)cc1. The molecule has 0 atom stereocenters. The van der Waals surface area contributed by atoms with Gasteiger partial charge in [-0.3, -0.25) is 5.32 Å². The van der Waals surface area contributed by atoms with Crippen LogP contribution in [-0.4, -0.2) is 17.5 Å². The molecule has 5 nitrogen and oxygen atoms in total. The second-order valence-electron chi connectivity index (χ2n) is 5.72. The van der Waals surface area contributed by atoms with Gasteiger partial charge in [-0.1, -0.05) is 18.2 Å². The number of benzene rings is 2. The Kier molecular flexibility index (Phi) is 6.83. The number of hydrogen-bond acceptors (Lipinski definition) is 5. The third-order valence-corrected chi connectivity index (χ3v) is 5.51. The minimum absolute atomic E-state index is 0.0842. The molecule has 3 rings (SSSR count). The molecule has 0 radical (unpaired) electrons. The van der Waals surface area contributed by atoms with E-state index in [1.165, 1.54) is 17.6 Å². The van der Waals surface area contributed by atoms with Crippen molar-refractivity contribution in [3.05, 3.63) is 71.3 Å². The largest absolute Gasteiger partial charge is 0.497 e. The molecule has 1 aromatic heterocycles. The van der Waals surface area contributed by atoms with E-state index < -0.39 is 17.7 Å². The summed E-state index contributed by atoms with van der Waals surface area (Å²) < 4.78 is 35.5. The van der Waals surface area contributed by atoms with Crippen molar-refractivity contribution in [2.24, 2.45) is 0 Å². The number of amides is 2. The molecule has 146 valence electrons. The highest BCUT2D eigenvalue weighted by Crippen LogP contribution is 2.27. The fourth-order valence-corrected chi connectivity index (χ4v) is 3.90. The summed E-state index contributed by atoms with van der Waals surface area (Å²) in [5, 5.41) is 6.67. The maximum absolute atomic E-state index is 13.2. The van der Waals surface area contributed by atoms with Crippen molar-refractivity contribution in [1.82, 2.24) is 9.69 Å². The Morgan fingerprint density at radius 1 is 1.11 bits per heavy atom. The van der Waals surface area contributed by atoms with Gasteiger partial charge in [0, 0.05) is 18.4 Å². The topological polar surface area (TPSA) is 63.2 Å². The first kappa shape index (κ1) is 20.1. The van der Waals surface area contributed by atoms with E-state index in [1.54, 1.807) is 24.9 Å². The summed E-state index contributed by atoms with van der Waals surface area (Å²) in [6, 6.07) is 12.6. The Balaban J connectivity index is 1.46. The molecule has 0 aliphatic rings. The van der Waals surface area contributed by atoms with E-state index in [2.05, 4.69) is 15.0 Å². The van der Waals surface area contributed by atoms with Crippen LogP contribution in [0.5, 0.6) is 5.75 Å². The maximum Gasteiger partial charge on any atom is 0.320 e. The molecule has 2 aromatic carbocycles. The van der Waals surface area contributed by atoms with Gasteiger partial charge in [0.1, 0.15) is 15.8 Å². The molecule has 2 N–H and O–H groups in total. The number of thioether (sulfide) groups is 1. The van der Waals surface area contributed by atoms with Crippen molar-refractivity contribution < 1.29 is 18.3 Å². The minimum atomic E-state index is -0.944. The molecule has 0 fully saturated rings. The van der Waals surface area contributed by atoms with E-state index >= 15 is 0 Å². The summed E-state index contributed by atoms with van der Waals surface area (Å²) in [6.45, 7) is 0.0842. The van der Waals surface area contributed by atoms with Crippen LogP contribution in [0.2, 0.25) is 0 Å². The van der Waals surface area contributed by atoms with Crippen LogP contribution in [0.25, 0.3) is 0 Å². The number of rotatable bonds is 7. The van der Waals surface area contributed by atoms with Gasteiger partial charge in [-0.2, -0.15) is 4.37 Å². The Hall–Kier alpha value is -2.65. The van der Waals surface area contributed by atoms with Crippen LogP contribution in [0.4, 0.5) is 18.6 Å². The lowest BCUT2D eigenvalue weighted by Gasteiger charge is -2.06. The summed E-state index contributed by atoms with van der Waals surface area (Å²) in [7, 11) is 1.63. The summed E-state index contributed by atoms with van der Waals surface area (Å²) in [5.74, 6) is -0.309. The van der Waals surface area contributed by atoms with Crippen LogP contribution < -0.4 is 15.4 Å². The molecule has 0 unspecified atom stereocenters. The second kappa shape index (κ2) is 9.52. The molecule has 9 heteroatoms. The van der Waals surface area contributed by atoms with Crippen LogP contribution in [0.1, 0.15) is 11.1 Å². The van der Waals surface area contributed by atoms with Crippen LogP contribution in [0.15, 0.2) is 53.6 Å². The van der Waals surface area contributed by atoms with Gasteiger partial charge in [-0.25, -0.2) is 13.6 Å². The molecule has 0 bridgehead atoms. The van der Waals surface area contributed by atoms with Gasteiger partial charge in [-0.15, -0.1) is 11.8 Å². The molecule has 0 aliphatic heterocycles. The smallest absolute Gasteiger partial charge is 0.320 e. The average Bonchev–Trinajstić information content (AvgIpc) is 3.15. The van der Waals surface area contributed by atoms with Crippen LogP contribution in [-0.2, 0) is 12.3 Å². The molecule has 0 saturated heterocycles. The van der Waals surface area contributed by atoms with Crippen molar-refractivity contribution in [2.45, 2.75) is 17.3 Å². The van der Waals surface area contributed by atoms with E-state index in [-0.39, 0.29) is 6.54 Å². The first-order valence-electron chi connectivity index (χ1n) is 8.24. The number of carbonyl (C=O) groups excluding carboxylic acids is 1. The van der Waals surface area contributed by atoms with Crippen molar-refractivity contribution >= 4 is 34.3 Å². The highest BCUT2D eigenvalue weighted by molar-refractivity contribution is 7.98. The Morgan fingerprint density at radius 2 is 1.86 bits per heavy atom. The van der Waals surface area contributed by atoms with Gasteiger partial charge in [0.15, 0.2) is 11.6 Å². The third-order valence-electron chi connectivity index (χ3n) is 3.71. The number of carbonyl (C=O) groups is 1. The predicted molar refractivity (Wildman–Crippen MR) is 107 cm³/mol. The van der Waals surface area contributed by atoms with Crippen molar-refractivity contribution in [3.63, 3.8) is 0 Å². The van der Waals surface area contributed by atoms with Gasteiger partial charge >= 0.3 is 6.03 Å². The van der Waals surface area contributed by atoms with Crippen LogP contribution in [0, 0.1) is 11.6 Å². The van der Waals surface area contributed by atoms with Gasteiger partial charge in [0.25, 0.3) is 0 Å². The van der Waals surface area contributed by atoms with Crippen LogP contribution in [0.3, 0.4) is 0 Å². The van der Waals surface area contributed by atoms with Gasteiger partial charge in [0.05, 0.1) is 7.11 Å². The molecule has 2 amide bonds. The zero-order valence-corrected chi connectivity index (χ0v) is 16.5. The molecule has 0 saturated carbocycles. The fraction of sp³-hybridized carbons (Fsp3) is 0.158. The lowest BCUT2D eigenvalue weighted by molar-refractivity contribution is 0.252. The molecule has 0 aliphatic carbocycles. The highest BCUT2D eigenvalue weighted by Gasteiger charge is 2.08. The van der Waals surface area contributed by atoms with E-state index in [0.29, 0.717) is 10.6 Å². The number of nitrogens with one attached hydrogen (secondary N) is 2. The van der Waals surface area contributed by atoms with Crippen molar-refractivity contribution in [2.75, 3.05) is 12.4 Å². The maximum atomic E-state index is 13.2. The van der Waals surface area contributed by atoms with Gasteiger partial charge in [0.2, 0.25) is 0 Å².